The zero-order valence-electron chi connectivity index (χ0n) is 14.4. The molecule has 1 atom stereocenters. The molecule has 5 heteroatoms. The van der Waals surface area contributed by atoms with E-state index in [-0.39, 0.29) is 0 Å². The number of hydrogen-bond donors (Lipinski definition) is 1. The molecule has 0 aromatic carbocycles. The van der Waals surface area contributed by atoms with Crippen LogP contribution in [0.1, 0.15) is 27.7 Å². The van der Waals surface area contributed by atoms with Gasteiger partial charge in [-0.15, -0.1) is 0 Å². The van der Waals surface area contributed by atoms with E-state index in [2.05, 4.69) is 36.0 Å². The molecular formula is C16H33N3O2. The van der Waals surface area contributed by atoms with Gasteiger partial charge in [0, 0.05) is 38.8 Å². The molecule has 0 aliphatic carbocycles. The number of piperazine rings is 1. The largest absolute Gasteiger partial charge is 0.349 e. The Balaban J connectivity index is 1.78. The Hall–Kier alpha value is -0.200. The van der Waals surface area contributed by atoms with Crippen LogP contribution >= 0.6 is 0 Å². The quantitative estimate of drug-likeness (QED) is 0.820. The standard InChI is InChI=1S/C16H33N3O2/c1-13(2)15(19-8-6-18(5)7-9-19)10-17-14-11-20-16(3,4)21-12-14/h13-15,17H,6-12H2,1-5H3. The molecule has 1 N–H and O–H groups in total. The Kier molecular flexibility index (Phi) is 6.03. The van der Waals surface area contributed by atoms with Gasteiger partial charge in [-0.3, -0.25) is 4.90 Å². The van der Waals surface area contributed by atoms with Gasteiger partial charge in [0.25, 0.3) is 0 Å². The van der Waals surface area contributed by atoms with Gasteiger partial charge < -0.3 is 19.7 Å². The van der Waals surface area contributed by atoms with E-state index in [4.69, 9.17) is 9.47 Å². The van der Waals surface area contributed by atoms with Gasteiger partial charge in [-0.1, -0.05) is 13.8 Å². The second-order valence-corrected chi connectivity index (χ2v) is 7.28. The van der Waals surface area contributed by atoms with Crippen molar-refractivity contribution in [3.05, 3.63) is 0 Å². The van der Waals surface area contributed by atoms with E-state index in [1.165, 1.54) is 26.2 Å². The third-order valence-corrected chi connectivity index (χ3v) is 4.66. The maximum atomic E-state index is 5.73. The van der Waals surface area contributed by atoms with Crippen LogP contribution in [-0.2, 0) is 9.47 Å². The van der Waals surface area contributed by atoms with Crippen LogP contribution in [0.25, 0.3) is 0 Å². The van der Waals surface area contributed by atoms with Crippen molar-refractivity contribution in [2.75, 3.05) is 53.0 Å². The summed E-state index contributed by atoms with van der Waals surface area (Å²) in [5.41, 5.74) is 0. The minimum absolute atomic E-state index is 0.312. The van der Waals surface area contributed by atoms with Crippen LogP contribution in [0, 0.1) is 5.92 Å². The lowest BCUT2D eigenvalue weighted by atomic mass is 10.0. The van der Waals surface area contributed by atoms with Crippen LogP contribution in [-0.4, -0.2) is 80.7 Å². The number of nitrogens with zero attached hydrogens (tertiary/aromatic N) is 2. The van der Waals surface area contributed by atoms with Crippen molar-refractivity contribution < 1.29 is 9.47 Å². The molecule has 2 aliphatic heterocycles. The zero-order valence-corrected chi connectivity index (χ0v) is 14.4. The monoisotopic (exact) mass is 299 g/mol. The van der Waals surface area contributed by atoms with Crippen molar-refractivity contribution >= 4 is 0 Å². The molecule has 2 fully saturated rings. The molecule has 2 saturated heterocycles. The average Bonchev–Trinajstić information content (AvgIpc) is 2.42. The fourth-order valence-electron chi connectivity index (χ4n) is 3.04. The van der Waals surface area contributed by atoms with Crippen LogP contribution in [0.2, 0.25) is 0 Å². The molecule has 0 spiro atoms. The van der Waals surface area contributed by atoms with Crippen LogP contribution in [0.4, 0.5) is 0 Å². The second-order valence-electron chi connectivity index (χ2n) is 7.28. The number of ether oxygens (including phenoxy) is 2. The molecule has 2 aliphatic rings. The van der Waals surface area contributed by atoms with Gasteiger partial charge in [0.2, 0.25) is 0 Å². The first-order valence-corrected chi connectivity index (χ1v) is 8.31. The van der Waals surface area contributed by atoms with Gasteiger partial charge >= 0.3 is 0 Å². The number of rotatable bonds is 5. The minimum atomic E-state index is -0.424. The van der Waals surface area contributed by atoms with E-state index >= 15 is 0 Å². The van der Waals surface area contributed by atoms with E-state index in [0.29, 0.717) is 18.0 Å². The molecule has 1 unspecified atom stereocenters. The predicted octanol–water partition coefficient (Wildman–Crippen LogP) is 1.000. The number of hydrogen-bond acceptors (Lipinski definition) is 5. The SMILES string of the molecule is CC(C)C(CNC1COC(C)(C)OC1)N1CCN(C)CC1. The lowest BCUT2D eigenvalue weighted by molar-refractivity contribution is -0.253. The molecule has 0 saturated carbocycles. The fraction of sp³-hybridized carbons (Fsp3) is 1.00. The summed E-state index contributed by atoms with van der Waals surface area (Å²) in [6.07, 6.45) is 0. The van der Waals surface area contributed by atoms with Crippen molar-refractivity contribution in [3.8, 4) is 0 Å². The Bertz CT molecular complexity index is 305. The first-order valence-electron chi connectivity index (χ1n) is 8.31. The van der Waals surface area contributed by atoms with Crippen molar-refractivity contribution in [2.24, 2.45) is 5.92 Å². The molecule has 0 amide bonds. The highest BCUT2D eigenvalue weighted by Crippen LogP contribution is 2.18. The fourth-order valence-corrected chi connectivity index (χ4v) is 3.04. The topological polar surface area (TPSA) is 37.0 Å². The first-order chi connectivity index (χ1) is 9.87. The average molecular weight is 299 g/mol. The summed E-state index contributed by atoms with van der Waals surface area (Å²) < 4.78 is 11.5. The third kappa shape index (κ3) is 5.18. The van der Waals surface area contributed by atoms with Crippen LogP contribution in [0.3, 0.4) is 0 Å². The Morgan fingerprint density at radius 3 is 2.19 bits per heavy atom. The molecule has 124 valence electrons. The minimum Gasteiger partial charge on any atom is -0.349 e. The van der Waals surface area contributed by atoms with Crippen LogP contribution in [0.5, 0.6) is 0 Å². The zero-order chi connectivity index (χ0) is 15.5. The first kappa shape index (κ1) is 17.2. The summed E-state index contributed by atoms with van der Waals surface area (Å²) in [6.45, 7) is 15.8. The summed E-state index contributed by atoms with van der Waals surface area (Å²) >= 11 is 0. The molecular weight excluding hydrogens is 266 g/mol. The Labute approximate surface area is 129 Å². The molecule has 2 heterocycles. The number of nitrogens with one attached hydrogen (secondary N) is 1. The molecule has 0 aromatic rings. The summed E-state index contributed by atoms with van der Waals surface area (Å²) in [7, 11) is 2.21. The molecule has 2 rings (SSSR count). The van der Waals surface area contributed by atoms with Crippen molar-refractivity contribution in [1.82, 2.24) is 15.1 Å². The summed E-state index contributed by atoms with van der Waals surface area (Å²) in [5.74, 6) is 0.232. The van der Waals surface area contributed by atoms with Gasteiger partial charge in [0.05, 0.1) is 19.3 Å². The number of likely N-dealkylation sites (N-methyl/N-ethyl adjacent to an activating group) is 1. The highest BCUT2D eigenvalue weighted by Gasteiger charge is 2.30. The van der Waals surface area contributed by atoms with Crippen molar-refractivity contribution in [1.29, 1.82) is 0 Å². The smallest absolute Gasteiger partial charge is 0.162 e. The van der Waals surface area contributed by atoms with Gasteiger partial charge in [-0.05, 0) is 26.8 Å². The summed E-state index contributed by atoms with van der Waals surface area (Å²) in [6, 6.07) is 0.903. The highest BCUT2D eigenvalue weighted by atomic mass is 16.7. The molecule has 0 radical (unpaired) electrons. The van der Waals surface area contributed by atoms with E-state index in [1.807, 2.05) is 13.8 Å². The van der Waals surface area contributed by atoms with E-state index in [9.17, 15) is 0 Å². The molecule has 0 bridgehead atoms. The van der Waals surface area contributed by atoms with Gasteiger partial charge in [0.15, 0.2) is 5.79 Å². The lowest BCUT2D eigenvalue weighted by Crippen LogP contribution is -2.56. The van der Waals surface area contributed by atoms with Crippen molar-refractivity contribution in [3.63, 3.8) is 0 Å². The Morgan fingerprint density at radius 1 is 1.10 bits per heavy atom. The van der Waals surface area contributed by atoms with Crippen molar-refractivity contribution in [2.45, 2.75) is 45.6 Å². The second kappa shape index (κ2) is 7.38. The van der Waals surface area contributed by atoms with E-state index < -0.39 is 5.79 Å². The molecule has 21 heavy (non-hydrogen) atoms. The highest BCUT2D eigenvalue weighted by molar-refractivity contribution is 4.83. The van der Waals surface area contributed by atoms with Gasteiger partial charge in [0.1, 0.15) is 0 Å². The van der Waals surface area contributed by atoms with Crippen LogP contribution in [0.15, 0.2) is 0 Å². The molecule has 5 nitrogen and oxygen atoms in total. The predicted molar refractivity (Wildman–Crippen MR) is 85.5 cm³/mol. The van der Waals surface area contributed by atoms with Gasteiger partial charge in [-0.25, -0.2) is 0 Å². The molecule has 0 aromatic heterocycles. The maximum absolute atomic E-state index is 5.73. The maximum Gasteiger partial charge on any atom is 0.162 e. The van der Waals surface area contributed by atoms with E-state index in [1.54, 1.807) is 0 Å². The summed E-state index contributed by atoms with van der Waals surface area (Å²) in [4.78, 5) is 5.04. The van der Waals surface area contributed by atoms with E-state index in [0.717, 1.165) is 19.8 Å². The third-order valence-electron chi connectivity index (χ3n) is 4.66. The lowest BCUT2D eigenvalue weighted by Gasteiger charge is -2.41. The Morgan fingerprint density at radius 2 is 1.67 bits per heavy atom. The normalized spacial score (nSPS) is 27.1. The summed E-state index contributed by atoms with van der Waals surface area (Å²) in [5, 5.41) is 3.64. The van der Waals surface area contributed by atoms with Gasteiger partial charge in [-0.2, -0.15) is 0 Å². The van der Waals surface area contributed by atoms with Crippen LogP contribution < -0.4 is 5.32 Å².